The van der Waals surface area contributed by atoms with Gasteiger partial charge in [0.05, 0.1) is 0 Å². The maximum Gasteiger partial charge on any atom is 0.0359 e. The van der Waals surface area contributed by atoms with Crippen molar-refractivity contribution >= 4 is 10.8 Å². The topological polar surface area (TPSA) is 43.1 Å². The molecule has 1 rings (SSSR count). The minimum absolute atomic E-state index is 0.308. The molecule has 1 fully saturated rings. The van der Waals surface area contributed by atoms with Crippen molar-refractivity contribution in [3.63, 3.8) is 0 Å². The van der Waals surface area contributed by atoms with Crippen LogP contribution in [0.3, 0.4) is 0 Å². The van der Waals surface area contributed by atoms with Crippen LogP contribution in [0.5, 0.6) is 0 Å². The molecular formula is C7H15NOS. The number of nitrogens with two attached hydrogens (primary N) is 1. The van der Waals surface area contributed by atoms with Crippen LogP contribution >= 0.6 is 0 Å². The van der Waals surface area contributed by atoms with Crippen LogP contribution in [0.25, 0.3) is 0 Å². The Kier molecular flexibility index (Phi) is 2.86. The fraction of sp³-hybridized carbons (Fsp3) is 1.00. The van der Waals surface area contributed by atoms with E-state index in [2.05, 4.69) is 0 Å². The molecule has 0 aromatic heterocycles. The summed E-state index contributed by atoms with van der Waals surface area (Å²) in [5, 5.41) is 0.378. The van der Waals surface area contributed by atoms with Gasteiger partial charge in [0, 0.05) is 28.3 Å². The lowest BCUT2D eigenvalue weighted by atomic mass is 9.96. The molecule has 0 saturated heterocycles. The predicted molar refractivity (Wildman–Crippen MR) is 44.3 cm³/mol. The second-order valence-electron chi connectivity index (χ2n) is 3.05. The molecule has 0 unspecified atom stereocenters. The molecule has 10 heavy (non-hydrogen) atoms. The summed E-state index contributed by atoms with van der Waals surface area (Å²) in [6.45, 7) is 0. The van der Waals surface area contributed by atoms with Gasteiger partial charge in [0.2, 0.25) is 0 Å². The summed E-state index contributed by atoms with van der Waals surface area (Å²) in [6, 6.07) is 0.308. The van der Waals surface area contributed by atoms with Crippen molar-refractivity contribution in [3.8, 4) is 0 Å². The molecule has 3 heteroatoms. The molecule has 2 N–H and O–H groups in total. The van der Waals surface area contributed by atoms with Crippen molar-refractivity contribution in [1.29, 1.82) is 0 Å². The van der Waals surface area contributed by atoms with Gasteiger partial charge in [-0.3, -0.25) is 4.21 Å². The third kappa shape index (κ3) is 2.06. The fourth-order valence-corrected chi connectivity index (χ4v) is 2.50. The normalized spacial score (nSPS) is 37.4. The highest BCUT2D eigenvalue weighted by atomic mass is 32.2. The van der Waals surface area contributed by atoms with Crippen LogP contribution in [0.2, 0.25) is 0 Å². The Morgan fingerprint density at radius 3 is 2.60 bits per heavy atom. The van der Waals surface area contributed by atoms with E-state index in [-0.39, 0.29) is 0 Å². The average molecular weight is 161 g/mol. The first kappa shape index (κ1) is 8.21. The van der Waals surface area contributed by atoms with Gasteiger partial charge in [0.1, 0.15) is 0 Å². The van der Waals surface area contributed by atoms with E-state index in [1.54, 1.807) is 6.26 Å². The lowest BCUT2D eigenvalue weighted by molar-refractivity contribution is 0.445. The quantitative estimate of drug-likeness (QED) is 0.613. The molecule has 0 radical (unpaired) electrons. The molecule has 2 nitrogen and oxygen atoms in total. The predicted octanol–water partition coefficient (Wildman–Crippen LogP) is 0.635. The minimum Gasteiger partial charge on any atom is -0.328 e. The molecular weight excluding hydrogens is 146 g/mol. The Balaban J connectivity index is 2.39. The van der Waals surface area contributed by atoms with Crippen molar-refractivity contribution in [1.82, 2.24) is 0 Å². The number of hydrogen-bond donors (Lipinski definition) is 1. The highest BCUT2D eigenvalue weighted by molar-refractivity contribution is 7.84. The molecule has 60 valence electrons. The zero-order chi connectivity index (χ0) is 7.56. The second-order valence-corrected chi connectivity index (χ2v) is 4.71. The molecule has 0 bridgehead atoms. The van der Waals surface area contributed by atoms with Crippen LogP contribution in [0.15, 0.2) is 0 Å². The van der Waals surface area contributed by atoms with E-state index in [1.807, 2.05) is 0 Å². The number of rotatable bonds is 1. The standard InChI is InChI=1S/C7H15NOS/c1-10(9)7-4-2-3-6(8)5-7/h6-7H,2-5,8H2,1H3/t6-,7-,10+/m0/s1. The molecule has 3 atom stereocenters. The van der Waals surface area contributed by atoms with Crippen molar-refractivity contribution in [3.05, 3.63) is 0 Å². The molecule has 1 saturated carbocycles. The van der Waals surface area contributed by atoms with E-state index in [0.29, 0.717) is 11.3 Å². The fourth-order valence-electron chi connectivity index (χ4n) is 1.48. The van der Waals surface area contributed by atoms with Gasteiger partial charge in [-0.1, -0.05) is 6.42 Å². The van der Waals surface area contributed by atoms with Crippen LogP contribution in [-0.4, -0.2) is 21.8 Å². The smallest absolute Gasteiger partial charge is 0.0359 e. The molecule has 0 aliphatic heterocycles. The van der Waals surface area contributed by atoms with E-state index in [0.717, 1.165) is 25.7 Å². The van der Waals surface area contributed by atoms with Gasteiger partial charge >= 0.3 is 0 Å². The van der Waals surface area contributed by atoms with E-state index < -0.39 is 10.8 Å². The first-order valence-corrected chi connectivity index (χ1v) is 5.40. The Bertz CT molecular complexity index is 138. The zero-order valence-corrected chi connectivity index (χ0v) is 7.19. The Morgan fingerprint density at radius 2 is 2.20 bits per heavy atom. The Labute approximate surface area is 64.6 Å². The van der Waals surface area contributed by atoms with E-state index >= 15 is 0 Å². The van der Waals surface area contributed by atoms with Crippen molar-refractivity contribution < 1.29 is 4.21 Å². The molecule has 0 aromatic rings. The molecule has 1 aliphatic rings. The lowest BCUT2D eigenvalue weighted by Gasteiger charge is -2.24. The third-order valence-corrected chi connectivity index (χ3v) is 3.50. The van der Waals surface area contributed by atoms with Crippen molar-refractivity contribution in [2.24, 2.45) is 5.73 Å². The summed E-state index contributed by atoms with van der Waals surface area (Å²) >= 11 is 0. The van der Waals surface area contributed by atoms with Gasteiger partial charge in [0.25, 0.3) is 0 Å². The number of hydrogen-bond acceptors (Lipinski definition) is 2. The summed E-state index contributed by atoms with van der Waals surface area (Å²) in [7, 11) is -0.653. The van der Waals surface area contributed by atoms with E-state index in [4.69, 9.17) is 5.73 Å². The summed E-state index contributed by atoms with van der Waals surface area (Å²) in [5.74, 6) is 0. The van der Waals surface area contributed by atoms with Crippen LogP contribution in [0, 0.1) is 0 Å². The van der Waals surface area contributed by atoms with Crippen LogP contribution in [0.4, 0.5) is 0 Å². The Morgan fingerprint density at radius 1 is 1.50 bits per heavy atom. The first-order chi connectivity index (χ1) is 4.70. The first-order valence-electron chi connectivity index (χ1n) is 3.78. The van der Waals surface area contributed by atoms with Gasteiger partial charge in [-0.25, -0.2) is 0 Å². The highest BCUT2D eigenvalue weighted by Crippen LogP contribution is 2.20. The molecule has 1 aliphatic carbocycles. The van der Waals surface area contributed by atoms with Crippen LogP contribution < -0.4 is 5.73 Å². The summed E-state index contributed by atoms with van der Waals surface area (Å²) in [5.41, 5.74) is 5.73. The van der Waals surface area contributed by atoms with E-state index in [9.17, 15) is 4.21 Å². The maximum atomic E-state index is 11.0. The molecule has 0 heterocycles. The second kappa shape index (κ2) is 3.49. The van der Waals surface area contributed by atoms with Gasteiger partial charge in [0.15, 0.2) is 0 Å². The van der Waals surface area contributed by atoms with Gasteiger partial charge < -0.3 is 5.73 Å². The van der Waals surface area contributed by atoms with Gasteiger partial charge in [-0.05, 0) is 19.3 Å². The monoisotopic (exact) mass is 161 g/mol. The lowest BCUT2D eigenvalue weighted by Crippen LogP contribution is -2.32. The maximum absolute atomic E-state index is 11.0. The summed E-state index contributed by atoms with van der Waals surface area (Å²) < 4.78 is 11.0. The molecule has 0 amide bonds. The summed E-state index contributed by atoms with van der Waals surface area (Å²) in [4.78, 5) is 0. The van der Waals surface area contributed by atoms with Crippen molar-refractivity contribution in [2.45, 2.75) is 37.0 Å². The Hall–Kier alpha value is 0.110. The largest absolute Gasteiger partial charge is 0.328 e. The SMILES string of the molecule is C[S@@](=O)[C@H]1CCC[C@H](N)C1. The molecule has 0 aromatic carbocycles. The highest BCUT2D eigenvalue weighted by Gasteiger charge is 2.21. The van der Waals surface area contributed by atoms with Gasteiger partial charge in [-0.15, -0.1) is 0 Å². The minimum atomic E-state index is -0.653. The third-order valence-electron chi connectivity index (χ3n) is 2.14. The van der Waals surface area contributed by atoms with Crippen molar-refractivity contribution in [2.75, 3.05) is 6.26 Å². The zero-order valence-electron chi connectivity index (χ0n) is 6.38. The van der Waals surface area contributed by atoms with Gasteiger partial charge in [-0.2, -0.15) is 0 Å². The molecule has 0 spiro atoms. The van der Waals surface area contributed by atoms with E-state index in [1.165, 1.54) is 0 Å². The van der Waals surface area contributed by atoms with Crippen LogP contribution in [0.1, 0.15) is 25.7 Å². The summed E-state index contributed by atoms with van der Waals surface area (Å²) in [6.07, 6.45) is 6.13. The van der Waals surface area contributed by atoms with Crippen LogP contribution in [-0.2, 0) is 10.8 Å². The average Bonchev–Trinajstić information content (AvgIpc) is 1.88.